The molecule has 3 heterocycles. The average molecular weight is 1010 g/mol. The average Bonchev–Trinajstić information content (AvgIpc) is 3.30. The lowest BCUT2D eigenvalue weighted by Gasteiger charge is -2.57. The molecule has 388 valence electrons. The summed E-state index contributed by atoms with van der Waals surface area (Å²) in [5, 5.41) is 1.24. The normalized spacial score (nSPS) is 30.4. The Morgan fingerprint density at radius 3 is 1.51 bits per heavy atom. The van der Waals surface area contributed by atoms with Crippen molar-refractivity contribution in [3.05, 3.63) is 60.7 Å². The molecule has 0 saturated carbocycles. The topological polar surface area (TPSA) is 241 Å². The van der Waals surface area contributed by atoms with Crippen LogP contribution in [0.4, 0.5) is 0 Å². The van der Waals surface area contributed by atoms with E-state index < -0.39 is 148 Å². The maximum Gasteiger partial charge on any atom is 0.337 e. The van der Waals surface area contributed by atoms with Crippen molar-refractivity contribution >= 4 is 54.5 Å². The molecule has 21 nitrogen and oxygen atoms in total. The molecule has 2 aromatic carbocycles. The van der Waals surface area contributed by atoms with Gasteiger partial charge in [-0.25, -0.2) is 4.79 Å². The van der Waals surface area contributed by atoms with Gasteiger partial charge in [0.2, 0.25) is 11.6 Å². The van der Waals surface area contributed by atoms with Gasteiger partial charge in [0.1, 0.15) is 43.7 Å². The molecule has 3 saturated heterocycles. The van der Waals surface area contributed by atoms with Gasteiger partial charge in [0, 0.05) is 48.8 Å². The highest BCUT2D eigenvalue weighted by Crippen LogP contribution is 2.46. The molecule has 3 aliphatic heterocycles. The Kier molecular flexibility index (Phi) is 18.9. The highest BCUT2D eigenvalue weighted by molar-refractivity contribution is 6.99. The zero-order valence-electron chi connectivity index (χ0n) is 41.8. The molecule has 0 radical (unpaired) electrons. The van der Waals surface area contributed by atoms with Crippen molar-refractivity contribution in [3.63, 3.8) is 0 Å². The van der Waals surface area contributed by atoms with Crippen molar-refractivity contribution in [2.75, 3.05) is 41.2 Å². The number of benzene rings is 2. The lowest BCUT2D eigenvalue weighted by Crippen LogP contribution is -2.74. The molecular weight excluding hydrogens is 941 g/mol. The van der Waals surface area contributed by atoms with Gasteiger partial charge in [0.15, 0.2) is 37.0 Å². The van der Waals surface area contributed by atoms with E-state index in [1.165, 1.54) is 35.2 Å². The molecule has 3 fully saturated rings. The maximum absolute atomic E-state index is 14.1. The zero-order valence-corrected chi connectivity index (χ0v) is 42.8. The van der Waals surface area contributed by atoms with Crippen LogP contribution >= 0.6 is 0 Å². The van der Waals surface area contributed by atoms with Crippen LogP contribution in [0.5, 0.6) is 0 Å². The van der Waals surface area contributed by atoms with Gasteiger partial charge >= 0.3 is 35.8 Å². The van der Waals surface area contributed by atoms with Crippen molar-refractivity contribution < 1.29 is 99.5 Å². The SMILES string of the molecule is COC(=O)[C@@H](CO[Si](c1ccccc1)(c1ccccc1)C(C)(C)C)O[C@H]1O[C@H](COC(C)=O)[C@H]2O[C@](C)(OC)[C@@](C)(OC)O[C@@H]2[C@H]1O[C@H]1O[C@H](COC(C)=O)[C@@H](OC(C)=O)[C@H](OC(C)=O)[C@@H]1OC(C)=O. The Hall–Kier alpha value is -4.88. The quantitative estimate of drug-likeness (QED) is 0.111. The fourth-order valence-electron chi connectivity index (χ4n) is 8.81. The lowest BCUT2D eigenvalue weighted by molar-refractivity contribution is -0.487. The fraction of sp³-hybridized carbons (Fsp3) is 0.625. The summed E-state index contributed by atoms with van der Waals surface area (Å²) in [5.74, 6) is -8.38. The molecule has 0 bridgehead atoms. The summed E-state index contributed by atoms with van der Waals surface area (Å²) in [6.07, 6.45) is -17.1. The first kappa shape index (κ1) is 56.0. The Labute approximate surface area is 408 Å². The summed E-state index contributed by atoms with van der Waals surface area (Å²) in [6, 6.07) is 19.3. The maximum atomic E-state index is 14.1. The van der Waals surface area contributed by atoms with Crippen LogP contribution < -0.4 is 10.4 Å². The Bertz CT molecular complexity index is 2080. The number of carbonyl (C=O) groups excluding carboxylic acids is 6. The number of hydrogen-bond donors (Lipinski definition) is 0. The first-order valence-corrected chi connectivity index (χ1v) is 24.5. The molecule has 5 rings (SSSR count). The second-order valence-electron chi connectivity index (χ2n) is 18.1. The van der Waals surface area contributed by atoms with Crippen LogP contribution in [0.2, 0.25) is 5.04 Å². The van der Waals surface area contributed by atoms with Crippen LogP contribution in [0, 0.1) is 0 Å². The van der Waals surface area contributed by atoms with Crippen molar-refractivity contribution in [2.45, 2.75) is 153 Å². The van der Waals surface area contributed by atoms with Gasteiger partial charge in [-0.05, 0) is 29.3 Å². The monoisotopic (exact) mass is 1010 g/mol. The minimum atomic E-state index is -3.36. The summed E-state index contributed by atoms with van der Waals surface area (Å²) < 4.78 is 91.7. The molecule has 0 unspecified atom stereocenters. The van der Waals surface area contributed by atoms with Crippen molar-refractivity contribution in [2.24, 2.45) is 0 Å². The first-order chi connectivity index (χ1) is 32.9. The van der Waals surface area contributed by atoms with Gasteiger partial charge in [0.25, 0.3) is 8.32 Å². The van der Waals surface area contributed by atoms with Gasteiger partial charge in [-0.3, -0.25) is 24.0 Å². The predicted molar refractivity (Wildman–Crippen MR) is 243 cm³/mol. The van der Waals surface area contributed by atoms with Crippen LogP contribution in [0.15, 0.2) is 60.7 Å². The van der Waals surface area contributed by atoms with Gasteiger partial charge in [-0.15, -0.1) is 0 Å². The minimum absolute atomic E-state index is 0.414. The molecule has 3 aliphatic rings. The van der Waals surface area contributed by atoms with Crippen LogP contribution in [0.25, 0.3) is 0 Å². The summed E-state index contributed by atoms with van der Waals surface area (Å²) in [6.45, 7) is 13.3. The number of rotatable bonds is 19. The molecule has 0 spiro atoms. The molecule has 0 N–H and O–H groups in total. The second kappa shape index (κ2) is 23.6. The summed E-state index contributed by atoms with van der Waals surface area (Å²) >= 11 is 0. The summed E-state index contributed by atoms with van der Waals surface area (Å²) in [4.78, 5) is 76.8. The van der Waals surface area contributed by atoms with Crippen molar-refractivity contribution in [3.8, 4) is 0 Å². The number of fused-ring (bicyclic) bond motifs is 1. The number of carbonyl (C=O) groups is 6. The minimum Gasteiger partial charge on any atom is -0.467 e. The third-order valence-electron chi connectivity index (χ3n) is 12.2. The smallest absolute Gasteiger partial charge is 0.337 e. The van der Waals surface area contributed by atoms with Crippen LogP contribution in [-0.2, 0) is 99.5 Å². The lowest BCUT2D eigenvalue weighted by atomic mass is 9.93. The summed E-state index contributed by atoms with van der Waals surface area (Å²) in [5.41, 5.74) is 0. The van der Waals surface area contributed by atoms with Crippen molar-refractivity contribution in [1.82, 2.24) is 0 Å². The van der Waals surface area contributed by atoms with Crippen LogP contribution in [0.3, 0.4) is 0 Å². The highest BCUT2D eigenvalue weighted by atomic mass is 28.4. The highest BCUT2D eigenvalue weighted by Gasteiger charge is 2.65. The second-order valence-corrected chi connectivity index (χ2v) is 22.4. The van der Waals surface area contributed by atoms with Crippen molar-refractivity contribution in [1.29, 1.82) is 0 Å². The van der Waals surface area contributed by atoms with E-state index in [1.807, 2.05) is 60.7 Å². The number of ether oxygens (including phenoxy) is 14. The number of methoxy groups -OCH3 is 3. The third kappa shape index (κ3) is 12.6. The van der Waals surface area contributed by atoms with Gasteiger partial charge in [-0.1, -0.05) is 81.4 Å². The molecule has 13 atom stereocenters. The van der Waals surface area contributed by atoms with Crippen LogP contribution in [-0.4, -0.2) is 164 Å². The predicted octanol–water partition coefficient (Wildman–Crippen LogP) is 2.39. The number of esters is 6. The third-order valence-corrected chi connectivity index (χ3v) is 17.2. The molecule has 0 amide bonds. The van der Waals surface area contributed by atoms with E-state index in [0.29, 0.717) is 0 Å². The molecule has 70 heavy (non-hydrogen) atoms. The van der Waals surface area contributed by atoms with Gasteiger partial charge in [0.05, 0.1) is 13.7 Å². The first-order valence-electron chi connectivity index (χ1n) is 22.6. The van der Waals surface area contributed by atoms with E-state index in [2.05, 4.69) is 20.8 Å². The molecule has 2 aromatic rings. The number of hydrogen-bond acceptors (Lipinski definition) is 21. The van der Waals surface area contributed by atoms with E-state index in [-0.39, 0.29) is 0 Å². The largest absolute Gasteiger partial charge is 0.467 e. The van der Waals surface area contributed by atoms with Gasteiger partial charge in [-0.2, -0.15) is 0 Å². The summed E-state index contributed by atoms with van der Waals surface area (Å²) in [7, 11) is 0.506. The van der Waals surface area contributed by atoms with E-state index in [1.54, 1.807) is 6.92 Å². The van der Waals surface area contributed by atoms with E-state index in [9.17, 15) is 28.8 Å². The Morgan fingerprint density at radius 2 is 1.06 bits per heavy atom. The molecule has 0 aromatic heterocycles. The fourth-order valence-corrected chi connectivity index (χ4v) is 13.4. The van der Waals surface area contributed by atoms with E-state index in [0.717, 1.165) is 38.1 Å². The molecule has 22 heteroatoms. The standard InChI is InChI=1S/C48H66O21Si/c1-27(49)58-24-34-37(61-29(3)51)39(62-30(4)52)41(63-31(5)53)45(64-34)67-42-40-38(68-47(9,56-12)48(10,57-13)69-40)35(25-59-28(2)50)65-44(42)66-36(43(54)55-11)26-60-70(46(6,7)8,32-20-16-14-17-21-32)33-22-18-15-19-23-33/h14-23,34-42,44-45H,24-26H2,1-13H3/t34-,35-,36-,37-,38-,39+,40+,41+,42-,44-,45-,47+,48+/m1/s1. The molecular formula is C48H66O21Si. The van der Waals surface area contributed by atoms with Crippen LogP contribution in [0.1, 0.15) is 69.2 Å². The zero-order chi connectivity index (χ0) is 51.8. The Balaban J connectivity index is 1.69. The van der Waals surface area contributed by atoms with E-state index >= 15 is 0 Å². The molecule has 0 aliphatic carbocycles. The van der Waals surface area contributed by atoms with E-state index in [4.69, 9.17) is 70.7 Å². The Morgan fingerprint density at radius 1 is 0.600 bits per heavy atom. The van der Waals surface area contributed by atoms with Gasteiger partial charge < -0.3 is 70.7 Å².